The van der Waals surface area contributed by atoms with E-state index in [0.717, 1.165) is 16.5 Å². The van der Waals surface area contributed by atoms with Gasteiger partial charge in [-0.1, -0.05) is 42.0 Å². The number of pyridine rings is 1. The maximum absolute atomic E-state index is 7.14. The summed E-state index contributed by atoms with van der Waals surface area (Å²) in [5.41, 5.74) is 4.11. The number of rotatable bonds is 3. The van der Waals surface area contributed by atoms with Crippen molar-refractivity contribution in [3.05, 3.63) is 64.6 Å². The predicted molar refractivity (Wildman–Crippen MR) is 76.0 cm³/mol. The van der Waals surface area contributed by atoms with Crippen LogP contribution in [0.1, 0.15) is 16.8 Å². The van der Waals surface area contributed by atoms with E-state index in [0.29, 0.717) is 5.69 Å². The molecule has 2 aromatic rings. The maximum atomic E-state index is 7.14. The van der Waals surface area contributed by atoms with Gasteiger partial charge in [-0.15, -0.1) is 11.8 Å². The molecule has 0 radical (unpaired) electrons. The van der Waals surface area contributed by atoms with Gasteiger partial charge in [-0.2, -0.15) is 0 Å². The fraction of sp³-hybridized carbons (Fsp3) is 0.200. The van der Waals surface area contributed by atoms with E-state index in [4.69, 9.17) is 6.57 Å². The molecule has 0 N–H and O–H groups in total. The molecule has 2 nitrogen and oxygen atoms in total. The summed E-state index contributed by atoms with van der Waals surface area (Å²) in [4.78, 5) is 7.93. The van der Waals surface area contributed by atoms with Crippen molar-refractivity contribution in [1.82, 2.24) is 4.98 Å². The second kappa shape index (κ2) is 5.70. The molecule has 0 unspecified atom stereocenters. The highest BCUT2D eigenvalue weighted by Gasteiger charge is 2.05. The van der Waals surface area contributed by atoms with Crippen LogP contribution < -0.4 is 0 Å². The molecule has 0 aliphatic rings. The van der Waals surface area contributed by atoms with Crippen LogP contribution in [0.2, 0.25) is 0 Å². The van der Waals surface area contributed by atoms with Crippen LogP contribution in [0.5, 0.6) is 0 Å². The van der Waals surface area contributed by atoms with E-state index in [2.05, 4.69) is 41.0 Å². The van der Waals surface area contributed by atoms with Gasteiger partial charge in [0.05, 0.1) is 6.57 Å². The van der Waals surface area contributed by atoms with E-state index in [-0.39, 0.29) is 0 Å². The monoisotopic (exact) mass is 254 g/mol. The van der Waals surface area contributed by atoms with Crippen molar-refractivity contribution in [2.45, 2.75) is 24.6 Å². The van der Waals surface area contributed by atoms with Crippen LogP contribution in [0.3, 0.4) is 0 Å². The molecule has 0 spiro atoms. The lowest BCUT2D eigenvalue weighted by Gasteiger charge is -2.05. The van der Waals surface area contributed by atoms with Gasteiger partial charge in [-0.25, -0.2) is 4.85 Å². The van der Waals surface area contributed by atoms with Gasteiger partial charge in [0.1, 0.15) is 5.03 Å². The minimum Gasteiger partial charge on any atom is -0.259 e. The highest BCUT2D eigenvalue weighted by molar-refractivity contribution is 7.98. The van der Waals surface area contributed by atoms with Crippen LogP contribution in [-0.4, -0.2) is 4.98 Å². The molecule has 1 aromatic carbocycles. The van der Waals surface area contributed by atoms with E-state index in [1.807, 2.05) is 19.1 Å². The van der Waals surface area contributed by atoms with Crippen LogP contribution in [0.4, 0.5) is 5.69 Å². The summed E-state index contributed by atoms with van der Waals surface area (Å²) in [6, 6.07) is 12.2. The van der Waals surface area contributed by atoms with Gasteiger partial charge in [-0.3, -0.25) is 4.98 Å². The third-order valence-electron chi connectivity index (χ3n) is 2.60. The van der Waals surface area contributed by atoms with Crippen molar-refractivity contribution in [2.24, 2.45) is 0 Å². The molecular weight excluding hydrogens is 240 g/mol. The zero-order valence-electron chi connectivity index (χ0n) is 10.5. The maximum Gasteiger partial charge on any atom is 0.218 e. The van der Waals surface area contributed by atoms with Crippen LogP contribution in [-0.2, 0) is 5.75 Å². The summed E-state index contributed by atoms with van der Waals surface area (Å²) in [6.45, 7) is 11.2. The zero-order valence-corrected chi connectivity index (χ0v) is 11.3. The molecule has 0 saturated heterocycles. The lowest BCUT2D eigenvalue weighted by atomic mass is 10.2. The Labute approximate surface area is 112 Å². The van der Waals surface area contributed by atoms with Crippen molar-refractivity contribution >= 4 is 17.4 Å². The Bertz CT molecular complexity index is 582. The van der Waals surface area contributed by atoms with Crippen molar-refractivity contribution in [2.75, 3.05) is 0 Å². The number of thioether (sulfide) groups is 1. The quantitative estimate of drug-likeness (QED) is 0.591. The fourth-order valence-corrected chi connectivity index (χ4v) is 2.52. The lowest BCUT2D eigenvalue weighted by Crippen LogP contribution is -1.86. The first-order valence-corrected chi connectivity index (χ1v) is 6.71. The largest absolute Gasteiger partial charge is 0.259 e. The Hall–Kier alpha value is -1.79. The average Bonchev–Trinajstić information content (AvgIpc) is 2.38. The van der Waals surface area contributed by atoms with Crippen LogP contribution in [0.25, 0.3) is 4.85 Å². The topological polar surface area (TPSA) is 17.2 Å². The van der Waals surface area contributed by atoms with E-state index >= 15 is 0 Å². The number of hydrogen-bond donors (Lipinski definition) is 0. The Morgan fingerprint density at radius 1 is 1.11 bits per heavy atom. The van der Waals surface area contributed by atoms with Crippen molar-refractivity contribution in [3.63, 3.8) is 0 Å². The number of aromatic nitrogens is 1. The second-order valence-corrected chi connectivity index (χ2v) is 5.13. The smallest absolute Gasteiger partial charge is 0.218 e. The Kier molecular flexibility index (Phi) is 4.01. The summed E-state index contributed by atoms with van der Waals surface area (Å²) < 4.78 is 0. The van der Waals surface area contributed by atoms with Gasteiger partial charge in [0.25, 0.3) is 0 Å². The normalized spacial score (nSPS) is 10.1. The third-order valence-corrected chi connectivity index (χ3v) is 3.65. The summed E-state index contributed by atoms with van der Waals surface area (Å²) in [5, 5.41) is 0.825. The first kappa shape index (κ1) is 12.7. The number of hydrogen-bond acceptors (Lipinski definition) is 2. The second-order valence-electron chi connectivity index (χ2n) is 4.16. The highest BCUT2D eigenvalue weighted by atomic mass is 32.2. The van der Waals surface area contributed by atoms with Gasteiger partial charge < -0.3 is 0 Å². The molecular formula is C15H14N2S. The molecule has 0 bridgehead atoms. The minimum absolute atomic E-state index is 0.637. The molecule has 18 heavy (non-hydrogen) atoms. The average molecular weight is 254 g/mol. The number of benzene rings is 1. The van der Waals surface area contributed by atoms with Crippen LogP contribution in [0, 0.1) is 20.4 Å². The molecule has 3 heteroatoms. The molecule has 0 amide bonds. The van der Waals surface area contributed by atoms with Gasteiger partial charge in [0.2, 0.25) is 5.69 Å². The molecule has 0 aliphatic carbocycles. The molecule has 1 heterocycles. The van der Waals surface area contributed by atoms with Gasteiger partial charge in [0.15, 0.2) is 0 Å². The van der Waals surface area contributed by atoms with Crippen molar-refractivity contribution in [1.29, 1.82) is 0 Å². The van der Waals surface area contributed by atoms with E-state index in [9.17, 15) is 0 Å². The van der Waals surface area contributed by atoms with Gasteiger partial charge in [0, 0.05) is 11.4 Å². The Morgan fingerprint density at radius 3 is 2.50 bits per heavy atom. The lowest BCUT2D eigenvalue weighted by molar-refractivity contribution is 1.07. The van der Waals surface area contributed by atoms with E-state index in [1.165, 1.54) is 11.1 Å². The van der Waals surface area contributed by atoms with E-state index < -0.39 is 0 Å². The fourth-order valence-electron chi connectivity index (χ4n) is 1.55. The zero-order chi connectivity index (χ0) is 13.0. The van der Waals surface area contributed by atoms with Crippen molar-refractivity contribution in [3.8, 4) is 0 Å². The summed E-state index contributed by atoms with van der Waals surface area (Å²) in [6.07, 6.45) is 0. The van der Waals surface area contributed by atoms with Gasteiger partial charge >= 0.3 is 0 Å². The van der Waals surface area contributed by atoms with Crippen LogP contribution >= 0.6 is 11.8 Å². The molecule has 0 saturated carbocycles. The molecule has 2 rings (SSSR count). The first-order chi connectivity index (χ1) is 8.69. The first-order valence-electron chi connectivity index (χ1n) is 5.72. The summed E-state index contributed by atoms with van der Waals surface area (Å²) in [7, 11) is 0. The molecule has 1 aromatic heterocycles. The third kappa shape index (κ3) is 3.12. The number of aryl methyl sites for hydroxylation is 2. The Balaban J connectivity index is 2.13. The molecule has 0 aliphatic heterocycles. The Morgan fingerprint density at radius 2 is 1.83 bits per heavy atom. The molecule has 0 fully saturated rings. The van der Waals surface area contributed by atoms with Crippen LogP contribution in [0.15, 0.2) is 41.4 Å². The predicted octanol–water partition coefficient (Wildman–Crippen LogP) is 4.54. The van der Waals surface area contributed by atoms with E-state index in [1.54, 1.807) is 11.8 Å². The highest BCUT2D eigenvalue weighted by Crippen LogP contribution is 2.30. The molecule has 0 atom stereocenters. The SMILES string of the molecule is [C-]#[N+]c1ccc(C)nc1SCc1ccc(C)cc1. The van der Waals surface area contributed by atoms with Crippen molar-refractivity contribution < 1.29 is 0 Å². The summed E-state index contributed by atoms with van der Waals surface area (Å²) in [5.74, 6) is 0.846. The summed E-state index contributed by atoms with van der Waals surface area (Å²) >= 11 is 1.62. The number of nitrogens with zero attached hydrogens (tertiary/aromatic N) is 2. The van der Waals surface area contributed by atoms with Gasteiger partial charge in [-0.05, 0) is 19.4 Å². The molecule has 90 valence electrons. The standard InChI is InChI=1S/C15H14N2S/c1-11-4-7-13(8-5-11)10-18-15-14(16-3)9-6-12(2)17-15/h4-9H,10H2,1-2H3. The minimum atomic E-state index is 0.637.